The molecular weight excluding hydrogens is 256 g/mol. The summed E-state index contributed by atoms with van der Waals surface area (Å²) in [5, 5.41) is 5.81. The van der Waals surface area contributed by atoms with E-state index in [2.05, 4.69) is 10.6 Å². The van der Waals surface area contributed by atoms with Crippen LogP contribution in [0.4, 0.5) is 4.79 Å². The van der Waals surface area contributed by atoms with Gasteiger partial charge in [0, 0.05) is 12.1 Å². The Balaban J connectivity index is 1.98. The number of methoxy groups -OCH3 is 2. The first kappa shape index (κ1) is 14.5. The van der Waals surface area contributed by atoms with Crippen molar-refractivity contribution >= 4 is 6.03 Å². The van der Waals surface area contributed by atoms with Gasteiger partial charge in [-0.05, 0) is 43.9 Å². The number of carbonyl (C=O) groups is 1. The highest BCUT2D eigenvalue weighted by molar-refractivity contribution is 5.74. The zero-order chi connectivity index (χ0) is 14.5. The molecule has 1 aliphatic carbocycles. The van der Waals surface area contributed by atoms with Crippen molar-refractivity contribution in [3.8, 4) is 11.5 Å². The van der Waals surface area contributed by atoms with Gasteiger partial charge in [0.25, 0.3) is 0 Å². The molecule has 0 radical (unpaired) electrons. The molecule has 0 aromatic heterocycles. The van der Waals surface area contributed by atoms with Crippen molar-refractivity contribution < 1.29 is 14.3 Å². The summed E-state index contributed by atoms with van der Waals surface area (Å²) in [4.78, 5) is 11.8. The number of ether oxygens (including phenoxy) is 2. The van der Waals surface area contributed by atoms with Crippen LogP contribution in [-0.2, 0) is 0 Å². The molecule has 1 fully saturated rings. The van der Waals surface area contributed by atoms with Gasteiger partial charge >= 0.3 is 6.03 Å². The molecule has 1 saturated carbocycles. The third-order valence-corrected chi connectivity index (χ3v) is 3.50. The van der Waals surface area contributed by atoms with E-state index in [4.69, 9.17) is 9.47 Å². The fourth-order valence-electron chi connectivity index (χ4n) is 2.06. The van der Waals surface area contributed by atoms with Crippen molar-refractivity contribution in [1.29, 1.82) is 0 Å². The monoisotopic (exact) mass is 278 g/mol. The molecule has 0 heterocycles. The van der Waals surface area contributed by atoms with Crippen LogP contribution in [0.15, 0.2) is 18.2 Å². The average Bonchev–Trinajstić information content (AvgIpc) is 3.28. The van der Waals surface area contributed by atoms with Gasteiger partial charge < -0.3 is 20.1 Å². The SMILES string of the molecule is COc1ccc(OC)c(C(C)NC(=O)NCC2CC2)c1. The lowest BCUT2D eigenvalue weighted by Crippen LogP contribution is -2.38. The summed E-state index contributed by atoms with van der Waals surface area (Å²) in [6, 6.07) is 5.26. The largest absolute Gasteiger partial charge is 0.497 e. The molecule has 1 aromatic rings. The maximum absolute atomic E-state index is 11.8. The van der Waals surface area contributed by atoms with E-state index in [0.717, 1.165) is 23.6 Å². The quantitative estimate of drug-likeness (QED) is 0.840. The van der Waals surface area contributed by atoms with E-state index in [0.29, 0.717) is 5.92 Å². The van der Waals surface area contributed by atoms with Crippen molar-refractivity contribution in [2.45, 2.75) is 25.8 Å². The number of benzene rings is 1. The molecule has 2 amide bonds. The van der Waals surface area contributed by atoms with E-state index < -0.39 is 0 Å². The highest BCUT2D eigenvalue weighted by Gasteiger charge is 2.22. The van der Waals surface area contributed by atoms with Crippen LogP contribution in [0.25, 0.3) is 0 Å². The molecule has 2 rings (SSSR count). The molecule has 110 valence electrons. The molecule has 0 spiro atoms. The highest BCUT2D eigenvalue weighted by Crippen LogP contribution is 2.29. The Bertz CT molecular complexity index is 472. The first-order chi connectivity index (χ1) is 9.63. The predicted molar refractivity (Wildman–Crippen MR) is 77.2 cm³/mol. The minimum Gasteiger partial charge on any atom is -0.497 e. The summed E-state index contributed by atoms with van der Waals surface area (Å²) in [5.74, 6) is 2.15. The van der Waals surface area contributed by atoms with Gasteiger partial charge in [-0.15, -0.1) is 0 Å². The normalized spacial score (nSPS) is 15.3. The molecule has 1 aliphatic rings. The van der Waals surface area contributed by atoms with E-state index in [9.17, 15) is 4.79 Å². The molecule has 2 N–H and O–H groups in total. The summed E-state index contributed by atoms with van der Waals surface area (Å²) < 4.78 is 10.5. The number of hydrogen-bond donors (Lipinski definition) is 2. The van der Waals surface area contributed by atoms with Crippen LogP contribution >= 0.6 is 0 Å². The predicted octanol–water partition coefficient (Wildman–Crippen LogP) is 2.47. The first-order valence-electron chi connectivity index (χ1n) is 6.90. The highest BCUT2D eigenvalue weighted by atomic mass is 16.5. The molecular formula is C15H22N2O3. The number of nitrogens with one attached hydrogen (secondary N) is 2. The number of amides is 2. The van der Waals surface area contributed by atoms with Gasteiger partial charge in [-0.1, -0.05) is 0 Å². The molecule has 5 nitrogen and oxygen atoms in total. The summed E-state index contributed by atoms with van der Waals surface area (Å²) in [5.41, 5.74) is 0.897. The third kappa shape index (κ3) is 3.79. The van der Waals surface area contributed by atoms with Gasteiger partial charge in [0.1, 0.15) is 11.5 Å². The van der Waals surface area contributed by atoms with Gasteiger partial charge in [-0.3, -0.25) is 0 Å². The molecule has 0 aliphatic heterocycles. The van der Waals surface area contributed by atoms with E-state index in [1.165, 1.54) is 12.8 Å². The van der Waals surface area contributed by atoms with E-state index in [1.54, 1.807) is 14.2 Å². The Hall–Kier alpha value is -1.91. The second-order valence-corrected chi connectivity index (χ2v) is 5.13. The van der Waals surface area contributed by atoms with Gasteiger partial charge in [0.2, 0.25) is 0 Å². The fraction of sp³-hybridized carbons (Fsp3) is 0.533. The average molecular weight is 278 g/mol. The second-order valence-electron chi connectivity index (χ2n) is 5.13. The van der Waals surface area contributed by atoms with Crippen molar-refractivity contribution in [3.05, 3.63) is 23.8 Å². The summed E-state index contributed by atoms with van der Waals surface area (Å²) in [6.07, 6.45) is 2.44. The minimum absolute atomic E-state index is 0.144. The minimum atomic E-state index is -0.153. The van der Waals surface area contributed by atoms with Gasteiger partial charge in [-0.2, -0.15) is 0 Å². The third-order valence-electron chi connectivity index (χ3n) is 3.50. The van der Waals surface area contributed by atoms with Crippen LogP contribution in [-0.4, -0.2) is 26.8 Å². The maximum Gasteiger partial charge on any atom is 0.315 e. The summed E-state index contributed by atoms with van der Waals surface area (Å²) in [6.45, 7) is 2.68. The molecule has 1 atom stereocenters. The molecule has 1 unspecified atom stereocenters. The Morgan fingerprint density at radius 1 is 1.35 bits per heavy atom. The van der Waals surface area contributed by atoms with Gasteiger partial charge in [0.15, 0.2) is 0 Å². The summed E-state index contributed by atoms with van der Waals surface area (Å²) >= 11 is 0. The van der Waals surface area contributed by atoms with E-state index in [1.807, 2.05) is 25.1 Å². The number of hydrogen-bond acceptors (Lipinski definition) is 3. The zero-order valence-electron chi connectivity index (χ0n) is 12.2. The number of carbonyl (C=O) groups excluding carboxylic acids is 1. The van der Waals surface area contributed by atoms with Gasteiger partial charge in [-0.25, -0.2) is 4.79 Å². The van der Waals surface area contributed by atoms with Crippen molar-refractivity contribution in [3.63, 3.8) is 0 Å². The van der Waals surface area contributed by atoms with Crippen LogP contribution in [0.3, 0.4) is 0 Å². The van der Waals surface area contributed by atoms with E-state index >= 15 is 0 Å². The molecule has 0 saturated heterocycles. The standard InChI is InChI=1S/C15H22N2O3/c1-10(17-15(18)16-9-11-4-5-11)13-8-12(19-2)6-7-14(13)20-3/h6-8,10-11H,4-5,9H2,1-3H3,(H2,16,17,18). The Morgan fingerprint density at radius 2 is 2.10 bits per heavy atom. The van der Waals surface area contributed by atoms with Crippen molar-refractivity contribution in [2.24, 2.45) is 5.92 Å². The Kier molecular flexibility index (Phi) is 4.71. The first-order valence-corrected chi connectivity index (χ1v) is 6.90. The summed E-state index contributed by atoms with van der Waals surface area (Å²) in [7, 11) is 3.23. The topological polar surface area (TPSA) is 59.6 Å². The number of rotatable bonds is 6. The molecule has 1 aromatic carbocycles. The lowest BCUT2D eigenvalue weighted by Gasteiger charge is -2.18. The van der Waals surface area contributed by atoms with Crippen LogP contribution in [0.2, 0.25) is 0 Å². The van der Waals surface area contributed by atoms with Crippen molar-refractivity contribution in [2.75, 3.05) is 20.8 Å². The smallest absolute Gasteiger partial charge is 0.315 e. The van der Waals surface area contributed by atoms with Gasteiger partial charge in [0.05, 0.1) is 20.3 Å². The Labute approximate surface area is 119 Å². The van der Waals surface area contributed by atoms with Crippen LogP contribution in [0.5, 0.6) is 11.5 Å². The van der Waals surface area contributed by atoms with E-state index in [-0.39, 0.29) is 12.1 Å². The molecule has 20 heavy (non-hydrogen) atoms. The fourth-order valence-corrected chi connectivity index (χ4v) is 2.06. The lowest BCUT2D eigenvalue weighted by atomic mass is 10.1. The maximum atomic E-state index is 11.8. The number of urea groups is 1. The Morgan fingerprint density at radius 3 is 2.70 bits per heavy atom. The van der Waals surface area contributed by atoms with Crippen LogP contribution < -0.4 is 20.1 Å². The van der Waals surface area contributed by atoms with Crippen LogP contribution in [0.1, 0.15) is 31.4 Å². The second kappa shape index (κ2) is 6.50. The molecule has 0 bridgehead atoms. The molecule has 5 heteroatoms. The lowest BCUT2D eigenvalue weighted by molar-refractivity contribution is 0.237. The van der Waals surface area contributed by atoms with Crippen molar-refractivity contribution in [1.82, 2.24) is 10.6 Å². The van der Waals surface area contributed by atoms with Crippen LogP contribution in [0, 0.1) is 5.92 Å². The zero-order valence-corrected chi connectivity index (χ0v) is 12.2.